The van der Waals surface area contributed by atoms with Gasteiger partial charge in [-0.2, -0.15) is 0 Å². The molecule has 3 heterocycles. The topological polar surface area (TPSA) is 100 Å². The van der Waals surface area contributed by atoms with Gasteiger partial charge in [0.1, 0.15) is 6.10 Å². The molecule has 0 unspecified atom stereocenters. The summed E-state index contributed by atoms with van der Waals surface area (Å²) in [4.78, 5) is 15.3. The number of hydrogen-bond acceptors (Lipinski definition) is 10. The number of carbonyl (C=O) groups excluding carboxylic acids is 1. The minimum absolute atomic E-state index is 0.0142. The number of hydrogen-bond donors (Lipinski definition) is 0. The van der Waals surface area contributed by atoms with Gasteiger partial charge >= 0.3 is 5.97 Å². The summed E-state index contributed by atoms with van der Waals surface area (Å²) >= 11 is 0. The molecule has 0 aromatic heterocycles. The molecule has 478 valence electrons. The number of esters is 1. The van der Waals surface area contributed by atoms with Crippen molar-refractivity contribution >= 4 is 49.6 Å². The van der Waals surface area contributed by atoms with E-state index in [1.54, 1.807) is 0 Å². The monoisotopic (exact) mass is 1240 g/mol. The summed E-state index contributed by atoms with van der Waals surface area (Å²) in [5.41, 5.74) is -0.150. The molecular formula is C71H118O10Si4. The lowest BCUT2D eigenvalue weighted by Crippen LogP contribution is -2.66. The number of fused-ring (bicyclic) bond motifs is 1. The summed E-state index contributed by atoms with van der Waals surface area (Å²) < 4.78 is 66.2. The molecule has 3 aliphatic rings. The van der Waals surface area contributed by atoms with Gasteiger partial charge in [-0.15, -0.1) is 6.58 Å². The van der Waals surface area contributed by atoms with E-state index in [2.05, 4.69) is 208 Å². The molecule has 0 amide bonds. The van der Waals surface area contributed by atoms with Gasteiger partial charge in [0.15, 0.2) is 25.0 Å². The first kappa shape index (κ1) is 71.5. The molecule has 3 aromatic carbocycles. The number of ether oxygens (including phenoxy) is 5. The normalized spacial score (nSPS) is 27.4. The highest BCUT2D eigenvalue weighted by molar-refractivity contribution is 6.99. The molecule has 0 N–H and O–H groups in total. The Hall–Kier alpha value is -2.58. The Balaban J connectivity index is 1.30. The Morgan fingerprint density at radius 1 is 0.682 bits per heavy atom. The highest BCUT2D eigenvalue weighted by atomic mass is 28.4. The SMILES string of the molecule is C=CCC[C@@H]1O[C@H](CCCOCc2ccccc2)[C@@](C)(O[Si](C)(C)C(C)(C)C)CC[C@H]1OC(=O)C[C@H]1O[C@H]2C[C@H](C)[C@H](CCCO[Si](c3ccccc3)(c3ccccc3)C(C)(C)C)O[C@]2(C)C[C@H](O[Si](CC)(CC)CC)[C@@H]1O[Si](CC)(CC)CC. The van der Waals surface area contributed by atoms with Crippen LogP contribution < -0.4 is 10.4 Å². The van der Waals surface area contributed by atoms with Crippen LogP contribution >= 0.6 is 0 Å². The van der Waals surface area contributed by atoms with Crippen LogP contribution in [-0.4, -0.2) is 112 Å². The second-order valence-corrected chi connectivity index (χ2v) is 47.1. The minimum atomic E-state index is -2.71. The highest BCUT2D eigenvalue weighted by Gasteiger charge is 2.57. The number of rotatable bonds is 31. The van der Waals surface area contributed by atoms with E-state index in [0.29, 0.717) is 45.5 Å². The van der Waals surface area contributed by atoms with Crippen molar-refractivity contribution in [2.24, 2.45) is 5.92 Å². The molecule has 14 heteroatoms. The zero-order valence-electron chi connectivity index (χ0n) is 56.4. The fourth-order valence-corrected chi connectivity index (χ4v) is 26.0. The Bertz CT molecular complexity index is 2390. The maximum atomic E-state index is 15.3. The third kappa shape index (κ3) is 17.9. The van der Waals surface area contributed by atoms with E-state index >= 15 is 4.79 Å². The molecule has 3 fully saturated rings. The number of allylic oxidation sites excluding steroid dienone is 1. The molecule has 85 heavy (non-hydrogen) atoms. The molecule has 10 nitrogen and oxygen atoms in total. The lowest BCUT2D eigenvalue weighted by atomic mass is 9.80. The first-order valence-electron chi connectivity index (χ1n) is 33.5. The van der Waals surface area contributed by atoms with Gasteiger partial charge in [0.25, 0.3) is 8.32 Å². The molecule has 0 spiro atoms. The molecule has 3 aliphatic heterocycles. The van der Waals surface area contributed by atoms with E-state index < -0.39 is 62.8 Å². The third-order valence-corrected chi connectivity index (χ3v) is 39.8. The Kier molecular flexibility index (Phi) is 26.4. The minimum Gasteiger partial charge on any atom is -0.460 e. The summed E-state index contributed by atoms with van der Waals surface area (Å²) in [6.45, 7) is 45.1. The first-order chi connectivity index (χ1) is 40.2. The van der Waals surface area contributed by atoms with Crippen LogP contribution in [0.15, 0.2) is 104 Å². The summed E-state index contributed by atoms with van der Waals surface area (Å²) in [5, 5.41) is 2.46. The van der Waals surface area contributed by atoms with Crippen LogP contribution in [0.4, 0.5) is 0 Å². The second-order valence-electron chi connectivity index (χ2n) is 28.6. The fraction of sp³-hybridized carbons (Fsp3) is 0.704. The van der Waals surface area contributed by atoms with Crippen LogP contribution in [0.3, 0.4) is 0 Å². The van der Waals surface area contributed by atoms with Gasteiger partial charge < -0.3 is 41.4 Å². The average Bonchev–Trinajstić information content (AvgIpc) is 2.02. The van der Waals surface area contributed by atoms with Gasteiger partial charge in [0.2, 0.25) is 0 Å². The van der Waals surface area contributed by atoms with E-state index in [1.807, 2.05) is 12.1 Å². The van der Waals surface area contributed by atoms with Crippen LogP contribution in [0.1, 0.15) is 180 Å². The summed E-state index contributed by atoms with van der Waals surface area (Å²) in [6.07, 6.45) is 6.59. The van der Waals surface area contributed by atoms with Gasteiger partial charge in [-0.05, 0) is 153 Å². The van der Waals surface area contributed by atoms with Crippen LogP contribution in [0.25, 0.3) is 0 Å². The summed E-state index contributed by atoms with van der Waals surface area (Å²) in [5.74, 6) is -0.0932. The van der Waals surface area contributed by atoms with Gasteiger partial charge in [-0.1, -0.05) is 187 Å². The zero-order valence-corrected chi connectivity index (χ0v) is 60.4. The predicted molar refractivity (Wildman–Crippen MR) is 361 cm³/mol. The van der Waals surface area contributed by atoms with Crippen molar-refractivity contribution in [2.75, 3.05) is 13.2 Å². The summed E-state index contributed by atoms with van der Waals surface area (Å²) in [6, 6.07) is 38.1. The smallest absolute Gasteiger partial charge is 0.308 e. The largest absolute Gasteiger partial charge is 0.460 e. The predicted octanol–water partition coefficient (Wildman–Crippen LogP) is 17.1. The van der Waals surface area contributed by atoms with Gasteiger partial charge in [0, 0.05) is 19.6 Å². The van der Waals surface area contributed by atoms with Crippen molar-refractivity contribution in [3.05, 3.63) is 109 Å². The summed E-state index contributed by atoms with van der Waals surface area (Å²) in [7, 11) is -9.61. The van der Waals surface area contributed by atoms with Crippen LogP contribution in [0.5, 0.6) is 0 Å². The van der Waals surface area contributed by atoms with E-state index in [4.69, 9.17) is 41.4 Å². The van der Waals surface area contributed by atoms with E-state index in [0.717, 1.165) is 80.4 Å². The Morgan fingerprint density at radius 3 is 1.78 bits per heavy atom. The van der Waals surface area contributed by atoms with Gasteiger partial charge in [-0.3, -0.25) is 4.79 Å². The molecule has 6 rings (SSSR count). The maximum Gasteiger partial charge on any atom is 0.308 e. The quantitative estimate of drug-likeness (QED) is 0.0268. The molecular weight excluding hydrogens is 1130 g/mol. The van der Waals surface area contributed by atoms with Crippen molar-refractivity contribution in [3.63, 3.8) is 0 Å². The second kappa shape index (κ2) is 31.4. The van der Waals surface area contributed by atoms with E-state index in [-0.39, 0.29) is 58.9 Å². The molecule has 3 saturated heterocycles. The van der Waals surface area contributed by atoms with Crippen LogP contribution in [-0.2, 0) is 52.8 Å². The van der Waals surface area contributed by atoms with Crippen molar-refractivity contribution in [3.8, 4) is 0 Å². The van der Waals surface area contributed by atoms with E-state index in [9.17, 15) is 0 Å². The fourth-order valence-electron chi connectivity index (χ4n) is 14.0. The molecule has 0 bridgehead atoms. The number of carbonyl (C=O) groups is 1. The van der Waals surface area contributed by atoms with Crippen LogP contribution in [0.2, 0.25) is 59.4 Å². The van der Waals surface area contributed by atoms with Crippen molar-refractivity contribution < 1.29 is 46.2 Å². The van der Waals surface area contributed by atoms with Crippen LogP contribution in [0, 0.1) is 5.92 Å². The van der Waals surface area contributed by atoms with Gasteiger partial charge in [0.05, 0.1) is 67.0 Å². The van der Waals surface area contributed by atoms with E-state index in [1.165, 1.54) is 10.4 Å². The lowest BCUT2D eigenvalue weighted by Gasteiger charge is -2.48. The third-order valence-electron chi connectivity index (χ3n) is 20.8. The Morgan fingerprint density at radius 2 is 1.24 bits per heavy atom. The molecule has 0 saturated carbocycles. The highest BCUT2D eigenvalue weighted by Crippen LogP contribution is 2.48. The zero-order chi connectivity index (χ0) is 62.3. The van der Waals surface area contributed by atoms with Gasteiger partial charge in [-0.25, -0.2) is 0 Å². The van der Waals surface area contributed by atoms with Crippen molar-refractivity contribution in [1.82, 2.24) is 0 Å². The molecule has 3 aromatic rings. The molecule has 0 aliphatic carbocycles. The number of benzene rings is 3. The molecule has 11 atom stereocenters. The van der Waals surface area contributed by atoms with Crippen molar-refractivity contribution in [1.29, 1.82) is 0 Å². The standard InChI is InChI=1S/C71H118O10Si4/c1-19-26-44-60-61(47-48-70(15,81-82(17,18)68(9,10)11)64(75-60)46-37-49-73-54-56-38-30-27-31-39-56)77-66(72)52-62-67(80-84(23-5,24-6)25-7)63(79-83(20-2,21-3)22-4)53-71(16)65(76-62)51-55(8)59(78-71)45-36-50-74-85(69(12,13)14,57-40-32-28-33-41-57)58-42-34-29-35-43-58/h19,27-35,38-43,55,59-65,67H,1,20-26,36-37,44-54H2,2-18H3/t55-,59-,60-,61+,62+,63-,64+,65-,67+,70-,71+/m0/s1. The average molecular weight is 1240 g/mol. The first-order valence-corrected chi connectivity index (χ1v) is 43.3. The molecule has 0 radical (unpaired) electrons. The maximum absolute atomic E-state index is 15.3. The van der Waals surface area contributed by atoms with Crippen molar-refractivity contribution in [2.45, 2.75) is 301 Å². The Labute approximate surface area is 521 Å². The lowest BCUT2D eigenvalue weighted by molar-refractivity contribution is -0.226.